The number of rotatable bonds is 2. The molecule has 6 nitrogen and oxygen atoms in total. The van der Waals surface area contributed by atoms with E-state index in [9.17, 15) is 14.7 Å². The van der Waals surface area contributed by atoms with Gasteiger partial charge in [0.1, 0.15) is 0 Å². The van der Waals surface area contributed by atoms with Gasteiger partial charge in [0.05, 0.1) is 5.60 Å². The standard InChI is InChI=1S/C12H22N2O4/c1-11(2,3)14-10(16)9(15)13-8-12(17)4-6-18-7-5-12/h17H,4-8H2,1-3H3,(H,13,15)(H,14,16). The van der Waals surface area contributed by atoms with Crippen molar-refractivity contribution in [3.63, 3.8) is 0 Å². The highest BCUT2D eigenvalue weighted by Crippen LogP contribution is 2.19. The van der Waals surface area contributed by atoms with Crippen LogP contribution in [0, 0.1) is 0 Å². The summed E-state index contributed by atoms with van der Waals surface area (Å²) < 4.78 is 5.13. The van der Waals surface area contributed by atoms with Gasteiger partial charge >= 0.3 is 11.8 Å². The molecule has 3 N–H and O–H groups in total. The van der Waals surface area contributed by atoms with Gasteiger partial charge < -0.3 is 20.5 Å². The van der Waals surface area contributed by atoms with Crippen molar-refractivity contribution >= 4 is 11.8 Å². The van der Waals surface area contributed by atoms with E-state index in [-0.39, 0.29) is 6.54 Å². The maximum absolute atomic E-state index is 11.5. The summed E-state index contributed by atoms with van der Waals surface area (Å²) in [6.45, 7) is 6.41. The number of hydrogen-bond donors (Lipinski definition) is 3. The van der Waals surface area contributed by atoms with Crippen LogP contribution in [0.2, 0.25) is 0 Å². The van der Waals surface area contributed by atoms with E-state index >= 15 is 0 Å². The van der Waals surface area contributed by atoms with Gasteiger partial charge in [0.15, 0.2) is 0 Å². The monoisotopic (exact) mass is 258 g/mol. The number of amides is 2. The van der Waals surface area contributed by atoms with Crippen LogP contribution in [0.5, 0.6) is 0 Å². The van der Waals surface area contributed by atoms with Crippen molar-refractivity contribution in [1.82, 2.24) is 10.6 Å². The Hall–Kier alpha value is -1.14. The van der Waals surface area contributed by atoms with Gasteiger partial charge in [-0.05, 0) is 20.8 Å². The minimum Gasteiger partial charge on any atom is -0.388 e. The van der Waals surface area contributed by atoms with Gasteiger partial charge in [-0.3, -0.25) is 9.59 Å². The Morgan fingerprint density at radius 1 is 1.22 bits per heavy atom. The molecule has 0 unspecified atom stereocenters. The second kappa shape index (κ2) is 5.67. The van der Waals surface area contributed by atoms with Crippen LogP contribution in [0.1, 0.15) is 33.6 Å². The number of aliphatic hydroxyl groups is 1. The molecule has 6 heteroatoms. The van der Waals surface area contributed by atoms with E-state index in [0.29, 0.717) is 26.1 Å². The third kappa shape index (κ3) is 5.01. The minimum absolute atomic E-state index is 0.0761. The van der Waals surface area contributed by atoms with Crippen molar-refractivity contribution < 1.29 is 19.4 Å². The topological polar surface area (TPSA) is 87.7 Å². The molecule has 0 radical (unpaired) electrons. The molecule has 18 heavy (non-hydrogen) atoms. The van der Waals surface area contributed by atoms with E-state index in [1.807, 2.05) is 0 Å². The van der Waals surface area contributed by atoms with Crippen molar-refractivity contribution in [2.45, 2.75) is 44.8 Å². The van der Waals surface area contributed by atoms with E-state index in [1.165, 1.54) is 0 Å². The average Bonchev–Trinajstić information content (AvgIpc) is 2.24. The summed E-state index contributed by atoms with van der Waals surface area (Å²) in [4.78, 5) is 23.0. The van der Waals surface area contributed by atoms with Crippen molar-refractivity contribution in [2.75, 3.05) is 19.8 Å². The Labute approximate surface area is 107 Å². The van der Waals surface area contributed by atoms with Crippen LogP contribution < -0.4 is 10.6 Å². The van der Waals surface area contributed by atoms with E-state index in [2.05, 4.69) is 10.6 Å². The van der Waals surface area contributed by atoms with Crippen LogP contribution in [0.15, 0.2) is 0 Å². The predicted octanol–water partition coefficient (Wildman–Crippen LogP) is -0.441. The predicted molar refractivity (Wildman–Crippen MR) is 65.9 cm³/mol. The van der Waals surface area contributed by atoms with Crippen LogP contribution in [-0.4, -0.2) is 47.8 Å². The van der Waals surface area contributed by atoms with Gasteiger partial charge in [-0.25, -0.2) is 0 Å². The molecule has 0 aromatic carbocycles. The molecule has 1 heterocycles. The van der Waals surface area contributed by atoms with Gasteiger partial charge in [-0.2, -0.15) is 0 Å². The fraction of sp³-hybridized carbons (Fsp3) is 0.833. The normalized spacial score (nSPS) is 19.1. The maximum Gasteiger partial charge on any atom is 0.309 e. The molecule has 0 spiro atoms. The Morgan fingerprint density at radius 2 is 1.78 bits per heavy atom. The number of ether oxygens (including phenoxy) is 1. The number of nitrogens with one attached hydrogen (secondary N) is 2. The highest BCUT2D eigenvalue weighted by molar-refractivity contribution is 6.35. The summed E-state index contributed by atoms with van der Waals surface area (Å²) in [6.07, 6.45) is 0.933. The highest BCUT2D eigenvalue weighted by atomic mass is 16.5. The Balaban J connectivity index is 2.38. The zero-order valence-corrected chi connectivity index (χ0v) is 11.2. The van der Waals surface area contributed by atoms with Crippen LogP contribution >= 0.6 is 0 Å². The molecule has 1 saturated heterocycles. The first kappa shape index (κ1) is 14.9. The zero-order chi connectivity index (χ0) is 13.8. The molecular weight excluding hydrogens is 236 g/mol. The molecule has 0 atom stereocenters. The van der Waals surface area contributed by atoms with Crippen molar-refractivity contribution in [3.05, 3.63) is 0 Å². The van der Waals surface area contributed by atoms with E-state index in [1.54, 1.807) is 20.8 Å². The van der Waals surface area contributed by atoms with Gasteiger partial charge in [0.2, 0.25) is 0 Å². The third-order valence-electron chi connectivity index (χ3n) is 2.70. The lowest BCUT2D eigenvalue weighted by Gasteiger charge is -2.32. The van der Waals surface area contributed by atoms with E-state index in [0.717, 1.165) is 0 Å². The summed E-state index contributed by atoms with van der Waals surface area (Å²) >= 11 is 0. The van der Waals surface area contributed by atoms with Crippen LogP contribution in [0.25, 0.3) is 0 Å². The van der Waals surface area contributed by atoms with Crippen LogP contribution in [-0.2, 0) is 14.3 Å². The van der Waals surface area contributed by atoms with Crippen molar-refractivity contribution in [3.8, 4) is 0 Å². The number of carbonyl (C=O) groups is 2. The first-order valence-corrected chi connectivity index (χ1v) is 6.12. The second-order valence-electron chi connectivity index (χ2n) is 5.72. The molecule has 1 fully saturated rings. The van der Waals surface area contributed by atoms with Crippen LogP contribution in [0.3, 0.4) is 0 Å². The van der Waals surface area contributed by atoms with E-state index in [4.69, 9.17) is 4.74 Å². The molecule has 0 aliphatic carbocycles. The molecule has 1 aliphatic rings. The molecule has 1 rings (SSSR count). The van der Waals surface area contributed by atoms with Crippen molar-refractivity contribution in [2.24, 2.45) is 0 Å². The maximum atomic E-state index is 11.5. The van der Waals surface area contributed by atoms with Crippen LogP contribution in [0.4, 0.5) is 0 Å². The fourth-order valence-electron chi connectivity index (χ4n) is 1.65. The molecule has 2 amide bonds. The largest absolute Gasteiger partial charge is 0.388 e. The first-order chi connectivity index (χ1) is 8.22. The average molecular weight is 258 g/mol. The van der Waals surface area contributed by atoms with E-state index < -0.39 is 23.0 Å². The zero-order valence-electron chi connectivity index (χ0n) is 11.2. The number of carbonyl (C=O) groups excluding carboxylic acids is 2. The fourth-order valence-corrected chi connectivity index (χ4v) is 1.65. The molecule has 0 saturated carbocycles. The van der Waals surface area contributed by atoms with Gasteiger partial charge in [0.25, 0.3) is 0 Å². The molecule has 0 aromatic heterocycles. The summed E-state index contributed by atoms with van der Waals surface area (Å²) in [7, 11) is 0. The molecular formula is C12H22N2O4. The smallest absolute Gasteiger partial charge is 0.309 e. The summed E-state index contributed by atoms with van der Waals surface area (Å²) in [5.41, 5.74) is -1.42. The van der Waals surface area contributed by atoms with Crippen molar-refractivity contribution in [1.29, 1.82) is 0 Å². The Kier molecular flexibility index (Phi) is 4.70. The Morgan fingerprint density at radius 3 is 2.28 bits per heavy atom. The SMILES string of the molecule is CC(C)(C)NC(=O)C(=O)NCC1(O)CCOCC1. The molecule has 1 aliphatic heterocycles. The van der Waals surface area contributed by atoms with Gasteiger partial charge in [-0.15, -0.1) is 0 Å². The lowest BCUT2D eigenvalue weighted by molar-refractivity contribution is -0.141. The van der Waals surface area contributed by atoms with Gasteiger partial charge in [-0.1, -0.05) is 0 Å². The lowest BCUT2D eigenvalue weighted by Crippen LogP contribution is -2.52. The summed E-state index contributed by atoms with van der Waals surface area (Å²) in [6, 6.07) is 0. The molecule has 104 valence electrons. The quantitative estimate of drug-likeness (QED) is 0.586. The Bertz CT molecular complexity index is 317. The second-order valence-corrected chi connectivity index (χ2v) is 5.72. The third-order valence-corrected chi connectivity index (χ3v) is 2.70. The first-order valence-electron chi connectivity index (χ1n) is 6.12. The molecule has 0 bridgehead atoms. The summed E-state index contributed by atoms with van der Waals surface area (Å²) in [5, 5.41) is 15.1. The summed E-state index contributed by atoms with van der Waals surface area (Å²) in [5.74, 6) is -1.40. The minimum atomic E-state index is -0.962. The number of hydrogen-bond acceptors (Lipinski definition) is 4. The van der Waals surface area contributed by atoms with Gasteiger partial charge in [0, 0.05) is 38.1 Å². The molecule has 0 aromatic rings. The lowest BCUT2D eigenvalue weighted by atomic mass is 9.94. The highest BCUT2D eigenvalue weighted by Gasteiger charge is 2.31.